The summed E-state index contributed by atoms with van der Waals surface area (Å²) in [6, 6.07) is 2.24. The Balaban J connectivity index is 1.76. The molecule has 0 spiro atoms. The van der Waals surface area contributed by atoms with E-state index >= 15 is 0 Å². The number of thiophene rings is 1. The molecular formula is C13H20BrNS. The van der Waals surface area contributed by atoms with Crippen LogP contribution < -0.4 is 5.32 Å². The number of hydrogen-bond donors (Lipinski definition) is 1. The molecule has 1 N–H and O–H groups in total. The molecule has 0 aromatic carbocycles. The van der Waals surface area contributed by atoms with E-state index < -0.39 is 0 Å². The molecule has 90 valence electrons. The summed E-state index contributed by atoms with van der Waals surface area (Å²) >= 11 is 5.46. The molecule has 0 saturated heterocycles. The lowest BCUT2D eigenvalue weighted by atomic mass is 10.0. The van der Waals surface area contributed by atoms with Crippen molar-refractivity contribution in [1.82, 2.24) is 5.32 Å². The maximum atomic E-state index is 3.62. The third-order valence-corrected chi connectivity index (χ3v) is 5.58. The third kappa shape index (κ3) is 3.08. The maximum absolute atomic E-state index is 3.62. The molecule has 0 amide bonds. The molecule has 0 aliphatic heterocycles. The molecule has 1 aliphatic rings. The first-order valence-corrected chi connectivity index (χ1v) is 7.72. The number of halogens is 1. The predicted molar refractivity (Wildman–Crippen MR) is 75.0 cm³/mol. The Morgan fingerprint density at radius 2 is 2.25 bits per heavy atom. The Bertz CT molecular complexity index is 335. The third-order valence-electron chi connectivity index (χ3n) is 3.44. The first-order chi connectivity index (χ1) is 7.65. The van der Waals surface area contributed by atoms with Gasteiger partial charge in [0.15, 0.2) is 0 Å². The zero-order chi connectivity index (χ0) is 11.6. The molecule has 1 saturated carbocycles. The normalized spacial score (nSPS) is 17.7. The summed E-state index contributed by atoms with van der Waals surface area (Å²) in [5.74, 6) is 0. The number of aryl methyl sites for hydroxylation is 1. The summed E-state index contributed by atoms with van der Waals surface area (Å²) in [6.07, 6.45) is 5.58. The summed E-state index contributed by atoms with van der Waals surface area (Å²) in [7, 11) is 0. The number of nitrogens with one attached hydrogen (secondary N) is 1. The fourth-order valence-corrected chi connectivity index (χ4v) is 3.85. The van der Waals surface area contributed by atoms with Crippen LogP contribution >= 0.6 is 27.3 Å². The van der Waals surface area contributed by atoms with E-state index in [-0.39, 0.29) is 0 Å². The van der Waals surface area contributed by atoms with Gasteiger partial charge in [-0.1, -0.05) is 13.3 Å². The van der Waals surface area contributed by atoms with Crippen LogP contribution in [0.1, 0.15) is 42.4 Å². The second kappa shape index (κ2) is 5.19. The molecule has 16 heavy (non-hydrogen) atoms. The first kappa shape index (κ1) is 12.6. The highest BCUT2D eigenvalue weighted by atomic mass is 79.9. The fraction of sp³-hybridized carbons (Fsp3) is 0.692. The van der Waals surface area contributed by atoms with E-state index in [0.717, 1.165) is 6.54 Å². The topological polar surface area (TPSA) is 12.0 Å². The molecule has 3 heteroatoms. The first-order valence-electron chi connectivity index (χ1n) is 6.11. The van der Waals surface area contributed by atoms with Crippen LogP contribution in [0.4, 0.5) is 0 Å². The van der Waals surface area contributed by atoms with Gasteiger partial charge in [-0.15, -0.1) is 11.3 Å². The Morgan fingerprint density at radius 3 is 2.75 bits per heavy atom. The predicted octanol–water partition coefficient (Wildman–Crippen LogP) is 4.49. The van der Waals surface area contributed by atoms with Gasteiger partial charge in [-0.25, -0.2) is 0 Å². The molecule has 0 atom stereocenters. The van der Waals surface area contributed by atoms with Crippen molar-refractivity contribution in [3.63, 3.8) is 0 Å². The Labute approximate surface area is 111 Å². The van der Waals surface area contributed by atoms with Gasteiger partial charge < -0.3 is 5.32 Å². The SMILES string of the molecule is CCCC1(CNCc2cc(Br)c(C)s2)CC1. The van der Waals surface area contributed by atoms with Crippen LogP contribution in [0.5, 0.6) is 0 Å². The molecule has 1 aliphatic carbocycles. The van der Waals surface area contributed by atoms with Gasteiger partial charge in [0, 0.05) is 27.3 Å². The van der Waals surface area contributed by atoms with E-state index in [1.54, 1.807) is 0 Å². The molecule has 0 bridgehead atoms. The van der Waals surface area contributed by atoms with Gasteiger partial charge in [0.25, 0.3) is 0 Å². The Hall–Kier alpha value is 0.140. The highest BCUT2D eigenvalue weighted by Crippen LogP contribution is 2.48. The van der Waals surface area contributed by atoms with Crippen LogP contribution in [0.25, 0.3) is 0 Å². The van der Waals surface area contributed by atoms with Crippen LogP contribution in [0.2, 0.25) is 0 Å². The number of rotatable bonds is 6. The van der Waals surface area contributed by atoms with Crippen LogP contribution in [0, 0.1) is 12.3 Å². The highest BCUT2D eigenvalue weighted by Gasteiger charge is 2.40. The zero-order valence-corrected chi connectivity index (χ0v) is 12.5. The van der Waals surface area contributed by atoms with Gasteiger partial charge in [0.05, 0.1) is 0 Å². The van der Waals surface area contributed by atoms with E-state index in [4.69, 9.17) is 0 Å². The summed E-state index contributed by atoms with van der Waals surface area (Å²) in [5.41, 5.74) is 0.665. The van der Waals surface area contributed by atoms with Crippen molar-refractivity contribution < 1.29 is 0 Å². The lowest BCUT2D eigenvalue weighted by Gasteiger charge is -2.14. The summed E-state index contributed by atoms with van der Waals surface area (Å²) in [6.45, 7) is 6.69. The smallest absolute Gasteiger partial charge is 0.0314 e. The van der Waals surface area contributed by atoms with Crippen molar-refractivity contribution in [2.75, 3.05) is 6.54 Å². The summed E-state index contributed by atoms with van der Waals surface area (Å²) in [4.78, 5) is 2.82. The zero-order valence-electron chi connectivity index (χ0n) is 10.1. The van der Waals surface area contributed by atoms with Gasteiger partial charge in [0.1, 0.15) is 0 Å². The Morgan fingerprint density at radius 1 is 1.50 bits per heavy atom. The highest BCUT2D eigenvalue weighted by molar-refractivity contribution is 9.10. The summed E-state index contributed by atoms with van der Waals surface area (Å²) < 4.78 is 1.25. The van der Waals surface area contributed by atoms with Crippen molar-refractivity contribution in [3.05, 3.63) is 20.3 Å². The lowest BCUT2D eigenvalue weighted by molar-refractivity contribution is 0.421. The van der Waals surface area contributed by atoms with E-state index in [2.05, 4.69) is 41.2 Å². The molecule has 1 heterocycles. The lowest BCUT2D eigenvalue weighted by Crippen LogP contribution is -2.23. The van der Waals surface area contributed by atoms with E-state index in [9.17, 15) is 0 Å². The van der Waals surface area contributed by atoms with Gasteiger partial charge in [-0.3, -0.25) is 0 Å². The van der Waals surface area contributed by atoms with Crippen molar-refractivity contribution in [2.24, 2.45) is 5.41 Å². The second-order valence-corrected chi connectivity index (χ2v) is 7.17. The maximum Gasteiger partial charge on any atom is 0.0314 e. The molecule has 1 nitrogen and oxygen atoms in total. The summed E-state index contributed by atoms with van der Waals surface area (Å²) in [5, 5.41) is 3.62. The molecule has 2 rings (SSSR count). The molecule has 1 aromatic rings. The average Bonchev–Trinajstić information content (AvgIpc) is 2.91. The minimum atomic E-state index is 0.665. The van der Waals surface area contributed by atoms with Crippen molar-refractivity contribution in [1.29, 1.82) is 0 Å². The van der Waals surface area contributed by atoms with Crippen molar-refractivity contribution >= 4 is 27.3 Å². The van der Waals surface area contributed by atoms with Crippen LogP contribution in [-0.4, -0.2) is 6.54 Å². The van der Waals surface area contributed by atoms with Crippen LogP contribution in [-0.2, 0) is 6.54 Å². The standard InChI is InChI=1S/C13H20BrNS/c1-3-4-13(5-6-13)9-15-8-11-7-12(14)10(2)16-11/h7,15H,3-6,8-9H2,1-2H3. The quantitative estimate of drug-likeness (QED) is 0.816. The van der Waals surface area contributed by atoms with Crippen molar-refractivity contribution in [3.8, 4) is 0 Å². The van der Waals surface area contributed by atoms with E-state index in [1.165, 1.54) is 46.5 Å². The monoisotopic (exact) mass is 301 g/mol. The molecule has 1 fully saturated rings. The molecule has 1 aromatic heterocycles. The average molecular weight is 302 g/mol. The molecular weight excluding hydrogens is 282 g/mol. The molecule has 0 unspecified atom stereocenters. The largest absolute Gasteiger partial charge is 0.311 e. The van der Waals surface area contributed by atoms with Gasteiger partial charge in [0.2, 0.25) is 0 Å². The number of hydrogen-bond acceptors (Lipinski definition) is 2. The minimum absolute atomic E-state index is 0.665. The van der Waals surface area contributed by atoms with Crippen LogP contribution in [0.3, 0.4) is 0 Å². The Kier molecular flexibility index (Phi) is 4.09. The fourth-order valence-electron chi connectivity index (χ4n) is 2.28. The minimum Gasteiger partial charge on any atom is -0.311 e. The van der Waals surface area contributed by atoms with Gasteiger partial charge in [-0.05, 0) is 53.6 Å². The van der Waals surface area contributed by atoms with Gasteiger partial charge in [-0.2, -0.15) is 0 Å². The molecule has 0 radical (unpaired) electrons. The van der Waals surface area contributed by atoms with Crippen LogP contribution in [0.15, 0.2) is 10.5 Å². The van der Waals surface area contributed by atoms with E-state index in [0.29, 0.717) is 5.41 Å². The van der Waals surface area contributed by atoms with Gasteiger partial charge >= 0.3 is 0 Å². The van der Waals surface area contributed by atoms with E-state index in [1.807, 2.05) is 11.3 Å². The van der Waals surface area contributed by atoms with Crippen molar-refractivity contribution in [2.45, 2.75) is 46.1 Å². The second-order valence-electron chi connectivity index (χ2n) is 4.97.